The summed E-state index contributed by atoms with van der Waals surface area (Å²) in [5, 5.41) is 3.48. The van der Waals surface area contributed by atoms with Crippen molar-refractivity contribution in [3.05, 3.63) is 59.5 Å². The molecule has 1 aromatic heterocycles. The number of aryl methyl sites for hydroxylation is 1. The summed E-state index contributed by atoms with van der Waals surface area (Å²) >= 11 is 0. The number of rotatable bonds is 7. The molecule has 0 aliphatic rings. The van der Waals surface area contributed by atoms with Crippen LogP contribution in [0.2, 0.25) is 0 Å². The number of benzene rings is 1. The van der Waals surface area contributed by atoms with Crippen LogP contribution in [0.3, 0.4) is 0 Å². The molecule has 2 nitrogen and oxygen atoms in total. The third kappa shape index (κ3) is 3.56. The van der Waals surface area contributed by atoms with E-state index in [1.807, 2.05) is 7.05 Å². The van der Waals surface area contributed by atoms with Crippen LogP contribution in [0.1, 0.15) is 56.2 Å². The Kier molecular flexibility index (Phi) is 5.63. The average Bonchev–Trinajstić information content (AvgIpc) is 3.01. The van der Waals surface area contributed by atoms with Crippen molar-refractivity contribution in [1.82, 2.24) is 5.32 Å². The Bertz CT molecular complexity index is 532. The minimum Gasteiger partial charge on any atom is -0.464 e. The molecule has 1 N–H and O–H groups in total. The lowest BCUT2D eigenvalue weighted by Crippen LogP contribution is -2.27. The molecule has 0 fully saturated rings. The summed E-state index contributed by atoms with van der Waals surface area (Å²) in [6.45, 7) is 6.71. The van der Waals surface area contributed by atoms with Gasteiger partial charge in [-0.3, -0.25) is 0 Å². The van der Waals surface area contributed by atoms with Gasteiger partial charge in [-0.25, -0.2) is 0 Å². The maximum Gasteiger partial charge on any atom is 0.121 e. The smallest absolute Gasteiger partial charge is 0.121 e. The highest BCUT2D eigenvalue weighted by Crippen LogP contribution is 2.38. The molecule has 0 saturated heterocycles. The Morgan fingerprint density at radius 1 is 1.05 bits per heavy atom. The van der Waals surface area contributed by atoms with Gasteiger partial charge >= 0.3 is 0 Å². The second-order valence-electron chi connectivity index (χ2n) is 5.75. The van der Waals surface area contributed by atoms with Crippen LogP contribution in [0.15, 0.2) is 46.9 Å². The van der Waals surface area contributed by atoms with E-state index < -0.39 is 0 Å². The summed E-state index contributed by atoms with van der Waals surface area (Å²) in [4.78, 5) is 0. The molecule has 2 aromatic rings. The minimum absolute atomic E-state index is 0.211. The standard InChI is InChI=1S/C19H27NO/c1-5-14(3)18(15-10-8-7-9-11-15)19(20-4)17-13-12-16(6-2)21-17/h7-14,18-20H,5-6H2,1-4H3. The molecule has 2 heteroatoms. The molecule has 0 aliphatic carbocycles. The number of hydrogen-bond acceptors (Lipinski definition) is 2. The number of furan rings is 1. The highest BCUT2D eigenvalue weighted by atomic mass is 16.3. The summed E-state index contributed by atoms with van der Waals surface area (Å²) in [5.74, 6) is 3.10. The van der Waals surface area contributed by atoms with Gasteiger partial charge in [-0.2, -0.15) is 0 Å². The van der Waals surface area contributed by atoms with E-state index in [2.05, 4.69) is 68.6 Å². The summed E-state index contributed by atoms with van der Waals surface area (Å²) in [6, 6.07) is 15.2. The van der Waals surface area contributed by atoms with Gasteiger partial charge in [0.25, 0.3) is 0 Å². The summed E-state index contributed by atoms with van der Waals surface area (Å²) < 4.78 is 6.02. The predicted molar refractivity (Wildman–Crippen MR) is 88.5 cm³/mol. The molecule has 0 amide bonds. The van der Waals surface area contributed by atoms with E-state index in [1.54, 1.807) is 0 Å². The molecule has 0 bridgehead atoms. The van der Waals surface area contributed by atoms with E-state index in [0.717, 1.165) is 24.4 Å². The normalized spacial score (nSPS) is 15.6. The SMILES string of the molecule is CCc1ccc(C(NC)C(c2ccccc2)C(C)CC)o1. The minimum atomic E-state index is 0.211. The van der Waals surface area contributed by atoms with Gasteiger partial charge < -0.3 is 9.73 Å². The molecular formula is C19H27NO. The van der Waals surface area contributed by atoms with Crippen molar-refractivity contribution in [2.24, 2.45) is 5.92 Å². The molecule has 1 aromatic carbocycles. The van der Waals surface area contributed by atoms with Gasteiger partial charge in [0.1, 0.15) is 11.5 Å². The van der Waals surface area contributed by atoms with Crippen molar-refractivity contribution < 1.29 is 4.42 Å². The average molecular weight is 285 g/mol. The van der Waals surface area contributed by atoms with Crippen LogP contribution in [0.4, 0.5) is 0 Å². The van der Waals surface area contributed by atoms with Crippen molar-refractivity contribution in [3.8, 4) is 0 Å². The fourth-order valence-electron chi connectivity index (χ4n) is 3.03. The molecule has 3 unspecified atom stereocenters. The van der Waals surface area contributed by atoms with E-state index in [1.165, 1.54) is 5.56 Å². The van der Waals surface area contributed by atoms with Crippen LogP contribution in [-0.2, 0) is 6.42 Å². The van der Waals surface area contributed by atoms with Gasteiger partial charge in [-0.1, -0.05) is 57.5 Å². The Hall–Kier alpha value is -1.54. The maximum absolute atomic E-state index is 6.02. The van der Waals surface area contributed by atoms with E-state index in [0.29, 0.717) is 11.8 Å². The number of nitrogens with one attached hydrogen (secondary N) is 1. The van der Waals surface area contributed by atoms with Gasteiger partial charge in [0.15, 0.2) is 0 Å². The van der Waals surface area contributed by atoms with Crippen molar-refractivity contribution in [2.75, 3.05) is 7.05 Å². The third-order valence-corrected chi connectivity index (χ3v) is 4.45. The lowest BCUT2D eigenvalue weighted by molar-refractivity contribution is 0.306. The van der Waals surface area contributed by atoms with Gasteiger partial charge in [-0.05, 0) is 30.7 Å². The summed E-state index contributed by atoms with van der Waals surface area (Å²) in [6.07, 6.45) is 2.09. The van der Waals surface area contributed by atoms with Crippen molar-refractivity contribution in [3.63, 3.8) is 0 Å². The first-order valence-corrected chi connectivity index (χ1v) is 8.02. The molecule has 0 spiro atoms. The maximum atomic E-state index is 6.02. The highest BCUT2D eigenvalue weighted by Gasteiger charge is 2.29. The van der Waals surface area contributed by atoms with Gasteiger partial charge in [0.05, 0.1) is 6.04 Å². The van der Waals surface area contributed by atoms with Crippen LogP contribution in [0.25, 0.3) is 0 Å². The summed E-state index contributed by atoms with van der Waals surface area (Å²) in [7, 11) is 2.02. The quantitative estimate of drug-likeness (QED) is 0.780. The molecule has 3 atom stereocenters. The lowest BCUT2D eigenvalue weighted by Gasteiger charge is -2.30. The Labute approximate surface area is 128 Å². The Balaban J connectivity index is 2.37. The van der Waals surface area contributed by atoms with E-state index in [9.17, 15) is 0 Å². The van der Waals surface area contributed by atoms with Crippen LogP contribution in [0, 0.1) is 5.92 Å². The molecular weight excluding hydrogens is 258 g/mol. The van der Waals surface area contributed by atoms with Gasteiger partial charge in [0.2, 0.25) is 0 Å². The molecule has 2 rings (SSSR count). The van der Waals surface area contributed by atoms with Crippen LogP contribution >= 0.6 is 0 Å². The van der Waals surface area contributed by atoms with Gasteiger partial charge in [0, 0.05) is 12.3 Å². The molecule has 114 valence electrons. The van der Waals surface area contributed by atoms with E-state index in [4.69, 9.17) is 4.42 Å². The van der Waals surface area contributed by atoms with Crippen molar-refractivity contribution >= 4 is 0 Å². The predicted octanol–water partition coefficient (Wildman–Crippen LogP) is 4.93. The Morgan fingerprint density at radius 3 is 2.29 bits per heavy atom. The Morgan fingerprint density at radius 2 is 1.76 bits per heavy atom. The molecule has 0 saturated carbocycles. The highest BCUT2D eigenvalue weighted by molar-refractivity contribution is 5.25. The largest absolute Gasteiger partial charge is 0.464 e. The van der Waals surface area contributed by atoms with Gasteiger partial charge in [-0.15, -0.1) is 0 Å². The zero-order chi connectivity index (χ0) is 15.2. The first-order chi connectivity index (χ1) is 10.2. The summed E-state index contributed by atoms with van der Waals surface area (Å²) in [5.41, 5.74) is 1.38. The fourth-order valence-corrected chi connectivity index (χ4v) is 3.03. The molecule has 0 radical (unpaired) electrons. The zero-order valence-electron chi connectivity index (χ0n) is 13.6. The zero-order valence-corrected chi connectivity index (χ0v) is 13.6. The van der Waals surface area contributed by atoms with Crippen LogP contribution in [-0.4, -0.2) is 7.05 Å². The number of hydrogen-bond donors (Lipinski definition) is 1. The second kappa shape index (κ2) is 7.46. The van der Waals surface area contributed by atoms with Crippen molar-refractivity contribution in [1.29, 1.82) is 0 Å². The van der Waals surface area contributed by atoms with E-state index >= 15 is 0 Å². The molecule has 21 heavy (non-hydrogen) atoms. The second-order valence-corrected chi connectivity index (χ2v) is 5.75. The van der Waals surface area contributed by atoms with Crippen molar-refractivity contribution in [2.45, 2.75) is 45.6 Å². The first-order valence-electron chi connectivity index (χ1n) is 8.02. The number of likely N-dealkylation sites (N-methyl/N-ethyl adjacent to an activating group) is 1. The van der Waals surface area contributed by atoms with E-state index in [-0.39, 0.29) is 6.04 Å². The topological polar surface area (TPSA) is 25.2 Å². The first kappa shape index (κ1) is 15.8. The monoisotopic (exact) mass is 285 g/mol. The van der Waals surface area contributed by atoms with Crippen LogP contribution < -0.4 is 5.32 Å². The third-order valence-electron chi connectivity index (χ3n) is 4.45. The van der Waals surface area contributed by atoms with Crippen LogP contribution in [0.5, 0.6) is 0 Å². The molecule has 0 aliphatic heterocycles. The lowest BCUT2D eigenvalue weighted by atomic mass is 9.79. The molecule has 1 heterocycles. The fraction of sp³-hybridized carbons (Fsp3) is 0.474.